The normalized spacial score (nSPS) is 29.7. The van der Waals surface area contributed by atoms with Crippen LogP contribution in [0.2, 0.25) is 0 Å². The van der Waals surface area contributed by atoms with Gasteiger partial charge in [-0.3, -0.25) is 4.79 Å². The lowest BCUT2D eigenvalue weighted by molar-refractivity contribution is -0.118. The van der Waals surface area contributed by atoms with Crippen LogP contribution >= 0.6 is 0 Å². The molecule has 0 spiro atoms. The largest absolute Gasteiger partial charge is 0.298 e. The molecule has 0 aromatic carbocycles. The van der Waals surface area contributed by atoms with Gasteiger partial charge < -0.3 is 0 Å². The van der Waals surface area contributed by atoms with Crippen molar-refractivity contribution in [1.29, 1.82) is 0 Å². The standard InChI is InChI=1S/C6H11NO3S/c1-5(8)6-3-2-4-11(9,10)7-6/h6-7H,2-4H2,1H3. The Hall–Kier alpha value is -0.420. The van der Waals surface area contributed by atoms with E-state index in [4.69, 9.17) is 0 Å². The molecule has 1 heterocycles. The second-order valence-electron chi connectivity index (χ2n) is 2.74. The first-order valence-corrected chi connectivity index (χ1v) is 5.17. The monoisotopic (exact) mass is 177 g/mol. The van der Waals surface area contributed by atoms with Gasteiger partial charge in [-0.2, -0.15) is 0 Å². The average Bonchev–Trinajstić information content (AvgIpc) is 1.85. The Morgan fingerprint density at radius 1 is 1.55 bits per heavy atom. The van der Waals surface area contributed by atoms with Crippen LogP contribution in [0.15, 0.2) is 0 Å². The third-order valence-corrected chi connectivity index (χ3v) is 3.19. The van der Waals surface area contributed by atoms with Crippen LogP contribution in [0.25, 0.3) is 0 Å². The third-order valence-electron chi connectivity index (χ3n) is 1.72. The quantitative estimate of drug-likeness (QED) is 0.596. The molecule has 0 aromatic rings. The van der Waals surface area contributed by atoms with Gasteiger partial charge in [0.1, 0.15) is 5.78 Å². The Balaban J connectivity index is 2.68. The Kier molecular flexibility index (Phi) is 2.29. The predicted molar refractivity (Wildman–Crippen MR) is 40.6 cm³/mol. The van der Waals surface area contributed by atoms with Crippen molar-refractivity contribution < 1.29 is 13.2 Å². The third kappa shape index (κ3) is 2.27. The molecule has 0 aliphatic carbocycles. The highest BCUT2D eigenvalue weighted by molar-refractivity contribution is 7.89. The van der Waals surface area contributed by atoms with Crippen LogP contribution in [0.3, 0.4) is 0 Å². The van der Waals surface area contributed by atoms with E-state index in [0.29, 0.717) is 12.8 Å². The van der Waals surface area contributed by atoms with Crippen molar-refractivity contribution >= 4 is 15.8 Å². The lowest BCUT2D eigenvalue weighted by Gasteiger charge is -2.20. The van der Waals surface area contributed by atoms with Gasteiger partial charge in [0, 0.05) is 0 Å². The molecule has 1 N–H and O–H groups in total. The van der Waals surface area contributed by atoms with Crippen LogP contribution in [-0.2, 0) is 14.8 Å². The summed E-state index contributed by atoms with van der Waals surface area (Å²) in [7, 11) is -3.15. The molecule has 1 unspecified atom stereocenters. The van der Waals surface area contributed by atoms with Gasteiger partial charge in [0.2, 0.25) is 10.0 Å². The summed E-state index contributed by atoms with van der Waals surface area (Å²) in [6.07, 6.45) is 1.22. The van der Waals surface area contributed by atoms with E-state index >= 15 is 0 Å². The molecule has 0 aromatic heterocycles. The van der Waals surface area contributed by atoms with Crippen molar-refractivity contribution in [3.63, 3.8) is 0 Å². The fraction of sp³-hybridized carbons (Fsp3) is 0.833. The van der Waals surface area contributed by atoms with Gasteiger partial charge in [0.15, 0.2) is 0 Å². The van der Waals surface area contributed by atoms with E-state index in [2.05, 4.69) is 4.72 Å². The average molecular weight is 177 g/mol. The summed E-state index contributed by atoms with van der Waals surface area (Å²) in [5, 5.41) is 0. The van der Waals surface area contributed by atoms with Gasteiger partial charge in [-0.05, 0) is 19.8 Å². The zero-order valence-electron chi connectivity index (χ0n) is 6.33. The smallest absolute Gasteiger partial charge is 0.212 e. The molecule has 1 fully saturated rings. The summed E-state index contributed by atoms with van der Waals surface area (Å²) < 4.78 is 24.1. The van der Waals surface area contributed by atoms with Crippen molar-refractivity contribution in [3.05, 3.63) is 0 Å². The minimum Gasteiger partial charge on any atom is -0.298 e. The van der Waals surface area contributed by atoms with E-state index < -0.39 is 16.1 Å². The van der Waals surface area contributed by atoms with Crippen molar-refractivity contribution in [2.45, 2.75) is 25.8 Å². The first-order valence-electron chi connectivity index (χ1n) is 3.52. The zero-order chi connectivity index (χ0) is 8.48. The molecule has 0 bridgehead atoms. The molecule has 1 aliphatic rings. The van der Waals surface area contributed by atoms with Gasteiger partial charge in [0.05, 0.1) is 11.8 Å². The van der Waals surface area contributed by atoms with Gasteiger partial charge >= 0.3 is 0 Å². The van der Waals surface area contributed by atoms with Crippen LogP contribution in [0.4, 0.5) is 0 Å². The summed E-state index contributed by atoms with van der Waals surface area (Å²) in [6, 6.07) is -0.478. The van der Waals surface area contributed by atoms with Crippen LogP contribution < -0.4 is 4.72 Å². The van der Waals surface area contributed by atoms with Crippen molar-refractivity contribution in [3.8, 4) is 0 Å². The first-order chi connectivity index (χ1) is 5.01. The zero-order valence-corrected chi connectivity index (χ0v) is 7.15. The lowest BCUT2D eigenvalue weighted by Crippen LogP contribution is -2.44. The van der Waals surface area contributed by atoms with Crippen LogP contribution in [0.5, 0.6) is 0 Å². The summed E-state index contributed by atoms with van der Waals surface area (Å²) in [4.78, 5) is 10.8. The van der Waals surface area contributed by atoms with E-state index in [1.165, 1.54) is 6.92 Å². The number of nitrogens with one attached hydrogen (secondary N) is 1. The maximum Gasteiger partial charge on any atom is 0.212 e. The molecule has 1 aliphatic heterocycles. The Labute approximate surface area is 66.0 Å². The van der Waals surface area contributed by atoms with E-state index in [1.54, 1.807) is 0 Å². The number of carbonyl (C=O) groups excluding carboxylic acids is 1. The maximum atomic E-state index is 10.9. The number of rotatable bonds is 1. The van der Waals surface area contributed by atoms with Gasteiger partial charge in [-0.25, -0.2) is 13.1 Å². The summed E-state index contributed by atoms with van der Waals surface area (Å²) in [5.41, 5.74) is 0. The van der Waals surface area contributed by atoms with Gasteiger partial charge in [-0.15, -0.1) is 0 Å². The second kappa shape index (κ2) is 2.91. The van der Waals surface area contributed by atoms with Crippen molar-refractivity contribution in [1.82, 2.24) is 4.72 Å². The molecule has 1 atom stereocenters. The highest BCUT2D eigenvalue weighted by Crippen LogP contribution is 2.08. The maximum absolute atomic E-state index is 10.9. The number of ketones is 1. The molecule has 0 amide bonds. The lowest BCUT2D eigenvalue weighted by atomic mass is 10.1. The van der Waals surface area contributed by atoms with E-state index in [0.717, 1.165) is 0 Å². The van der Waals surface area contributed by atoms with E-state index in [-0.39, 0.29) is 11.5 Å². The van der Waals surface area contributed by atoms with Gasteiger partial charge in [-0.1, -0.05) is 0 Å². The molecule has 64 valence electrons. The van der Waals surface area contributed by atoms with Crippen LogP contribution in [0.1, 0.15) is 19.8 Å². The minimum absolute atomic E-state index is 0.103. The number of hydrogen-bond acceptors (Lipinski definition) is 3. The molecule has 0 radical (unpaired) electrons. The first kappa shape index (κ1) is 8.67. The highest BCUT2D eigenvalue weighted by atomic mass is 32.2. The second-order valence-corrected chi connectivity index (χ2v) is 4.62. The molecule has 4 nitrogen and oxygen atoms in total. The van der Waals surface area contributed by atoms with Crippen molar-refractivity contribution in [2.24, 2.45) is 0 Å². The number of Topliss-reactive ketones (excluding diaryl/α,β-unsaturated/α-hetero) is 1. The number of hydrogen-bond donors (Lipinski definition) is 1. The molecule has 5 heteroatoms. The van der Waals surface area contributed by atoms with E-state index in [1.807, 2.05) is 0 Å². The van der Waals surface area contributed by atoms with Crippen LogP contribution in [0, 0.1) is 0 Å². The fourth-order valence-electron chi connectivity index (χ4n) is 1.10. The number of sulfonamides is 1. The molecule has 11 heavy (non-hydrogen) atoms. The summed E-state index contributed by atoms with van der Waals surface area (Å²) in [5.74, 6) is 0.0461. The topological polar surface area (TPSA) is 63.2 Å². The number of carbonyl (C=O) groups is 1. The van der Waals surface area contributed by atoms with E-state index in [9.17, 15) is 13.2 Å². The Bertz CT molecular complexity index is 257. The van der Waals surface area contributed by atoms with Gasteiger partial charge in [0.25, 0.3) is 0 Å². The molecular formula is C6H11NO3S. The minimum atomic E-state index is -3.15. The van der Waals surface area contributed by atoms with Crippen molar-refractivity contribution in [2.75, 3.05) is 5.75 Å². The Morgan fingerprint density at radius 3 is 2.55 bits per heavy atom. The van der Waals surface area contributed by atoms with Crippen LogP contribution in [-0.4, -0.2) is 26.0 Å². The fourth-order valence-corrected chi connectivity index (χ4v) is 2.48. The summed E-state index contributed by atoms with van der Waals surface area (Å²) >= 11 is 0. The summed E-state index contributed by atoms with van der Waals surface area (Å²) in [6.45, 7) is 1.40. The highest BCUT2D eigenvalue weighted by Gasteiger charge is 2.25. The molecule has 1 rings (SSSR count). The SMILES string of the molecule is CC(=O)C1CCCS(=O)(=O)N1. The molecule has 0 saturated carbocycles. The Morgan fingerprint density at radius 2 is 2.18 bits per heavy atom. The molecular weight excluding hydrogens is 166 g/mol. The molecule has 1 saturated heterocycles. The predicted octanol–water partition coefficient (Wildman–Crippen LogP) is -0.343.